The first-order chi connectivity index (χ1) is 10.1. The number of hydrogen-bond donors (Lipinski definition) is 1. The van der Waals surface area contributed by atoms with E-state index in [-0.39, 0.29) is 0 Å². The van der Waals surface area contributed by atoms with Crippen LogP contribution in [0.2, 0.25) is 0 Å². The van der Waals surface area contributed by atoms with E-state index in [1.54, 1.807) is 7.11 Å². The maximum Gasteiger partial charge on any atom is 0.120 e. The van der Waals surface area contributed by atoms with Gasteiger partial charge in [0, 0.05) is 26.2 Å². The first kappa shape index (κ1) is 16.5. The number of ether oxygens (including phenoxy) is 1. The normalized spacial score (nSPS) is 15.3. The van der Waals surface area contributed by atoms with Crippen LogP contribution in [0.1, 0.15) is 43.8 Å². The molecule has 1 N–H and O–H groups in total. The molecule has 120 valence electrons. The third-order valence-electron chi connectivity index (χ3n) is 3.81. The second kappa shape index (κ2) is 7.97. The fourth-order valence-corrected chi connectivity index (χ4v) is 2.56. The van der Waals surface area contributed by atoms with Crippen molar-refractivity contribution >= 4 is 0 Å². The Morgan fingerprint density at radius 3 is 2.81 bits per heavy atom. The number of furan rings is 1. The van der Waals surface area contributed by atoms with E-state index in [4.69, 9.17) is 9.15 Å². The molecule has 1 aromatic rings. The molecule has 1 aliphatic carbocycles. The zero-order valence-electron chi connectivity index (χ0n) is 13.9. The summed E-state index contributed by atoms with van der Waals surface area (Å²) in [7, 11) is 1.76. The quantitative estimate of drug-likeness (QED) is 0.720. The van der Waals surface area contributed by atoms with E-state index < -0.39 is 0 Å². The van der Waals surface area contributed by atoms with E-state index in [9.17, 15) is 0 Å². The van der Waals surface area contributed by atoms with Crippen molar-refractivity contribution in [3.05, 3.63) is 23.2 Å². The molecule has 4 nitrogen and oxygen atoms in total. The topological polar surface area (TPSA) is 37.6 Å². The summed E-state index contributed by atoms with van der Waals surface area (Å²) >= 11 is 0. The van der Waals surface area contributed by atoms with Gasteiger partial charge in [0.1, 0.15) is 11.5 Å². The Labute approximate surface area is 128 Å². The Morgan fingerprint density at radius 2 is 2.19 bits per heavy atom. The molecule has 0 aliphatic heterocycles. The van der Waals surface area contributed by atoms with Crippen LogP contribution in [0.5, 0.6) is 0 Å². The summed E-state index contributed by atoms with van der Waals surface area (Å²) in [4.78, 5) is 2.41. The molecule has 0 atom stereocenters. The summed E-state index contributed by atoms with van der Waals surface area (Å²) in [5.41, 5.74) is 1.26. The summed E-state index contributed by atoms with van der Waals surface area (Å²) in [5, 5.41) is 3.52. The van der Waals surface area contributed by atoms with Gasteiger partial charge in [0.05, 0.1) is 19.7 Å². The molecule has 1 fully saturated rings. The first-order valence-corrected chi connectivity index (χ1v) is 8.11. The highest BCUT2D eigenvalue weighted by molar-refractivity contribution is 5.20. The molecule has 21 heavy (non-hydrogen) atoms. The number of hydrogen-bond acceptors (Lipinski definition) is 4. The number of nitrogens with one attached hydrogen (secondary N) is 1. The van der Waals surface area contributed by atoms with Crippen molar-refractivity contribution in [1.29, 1.82) is 0 Å². The largest absolute Gasteiger partial charge is 0.463 e. The molecule has 2 rings (SSSR count). The molecule has 0 spiro atoms. The molecule has 1 heterocycles. The monoisotopic (exact) mass is 294 g/mol. The van der Waals surface area contributed by atoms with Gasteiger partial charge in [0.15, 0.2) is 0 Å². The molecule has 1 aliphatic rings. The number of rotatable bonds is 10. The second-order valence-electron chi connectivity index (χ2n) is 6.60. The second-order valence-corrected chi connectivity index (χ2v) is 6.60. The van der Waals surface area contributed by atoms with Gasteiger partial charge < -0.3 is 14.5 Å². The summed E-state index contributed by atoms with van der Waals surface area (Å²) in [5.74, 6) is 2.80. The first-order valence-electron chi connectivity index (χ1n) is 8.11. The lowest BCUT2D eigenvalue weighted by atomic mass is 10.2. The van der Waals surface area contributed by atoms with Crippen LogP contribution in [0.3, 0.4) is 0 Å². The fraction of sp³-hybridized carbons (Fsp3) is 0.765. The third kappa shape index (κ3) is 5.81. The van der Waals surface area contributed by atoms with E-state index in [1.807, 2.05) is 0 Å². The lowest BCUT2D eigenvalue weighted by molar-refractivity contribution is 0.130. The molecule has 0 bridgehead atoms. The van der Waals surface area contributed by atoms with Crippen LogP contribution in [-0.2, 0) is 17.8 Å². The summed E-state index contributed by atoms with van der Waals surface area (Å²) in [6, 6.07) is 2.90. The van der Waals surface area contributed by atoms with Crippen LogP contribution in [0.4, 0.5) is 0 Å². The van der Waals surface area contributed by atoms with Crippen molar-refractivity contribution < 1.29 is 9.15 Å². The lowest BCUT2D eigenvalue weighted by Gasteiger charge is -2.22. The van der Waals surface area contributed by atoms with Gasteiger partial charge in [-0.2, -0.15) is 0 Å². The molecule has 4 heteroatoms. The third-order valence-corrected chi connectivity index (χ3v) is 3.81. The highest BCUT2D eigenvalue weighted by Crippen LogP contribution is 2.21. The van der Waals surface area contributed by atoms with Crippen molar-refractivity contribution in [3.8, 4) is 0 Å². The van der Waals surface area contributed by atoms with Crippen LogP contribution in [-0.4, -0.2) is 37.7 Å². The van der Waals surface area contributed by atoms with E-state index >= 15 is 0 Å². The van der Waals surface area contributed by atoms with Crippen LogP contribution in [0.15, 0.2) is 10.5 Å². The number of aryl methyl sites for hydroxylation is 1. The van der Waals surface area contributed by atoms with Gasteiger partial charge >= 0.3 is 0 Å². The maximum atomic E-state index is 6.04. The Balaban J connectivity index is 1.89. The smallest absolute Gasteiger partial charge is 0.120 e. The Hall–Kier alpha value is -0.840. The van der Waals surface area contributed by atoms with Crippen molar-refractivity contribution in [2.45, 2.75) is 52.7 Å². The van der Waals surface area contributed by atoms with Crippen LogP contribution < -0.4 is 5.32 Å². The van der Waals surface area contributed by atoms with Gasteiger partial charge in [0.25, 0.3) is 0 Å². The molecule has 0 aromatic carbocycles. The van der Waals surface area contributed by atoms with Gasteiger partial charge in [0.2, 0.25) is 0 Å². The Bertz CT molecular complexity index is 424. The van der Waals surface area contributed by atoms with Crippen molar-refractivity contribution in [2.75, 3.05) is 26.8 Å². The standard InChI is InChI=1S/C17H30N2O2/c1-13(2)11-19(7-8-20-4)12-16-9-14(3)17(21-16)10-18-15-5-6-15/h9,13,15,18H,5-8,10-12H2,1-4H3. The van der Waals surface area contributed by atoms with Gasteiger partial charge in [-0.15, -0.1) is 0 Å². The Morgan fingerprint density at radius 1 is 1.43 bits per heavy atom. The van der Waals surface area contributed by atoms with Crippen LogP contribution in [0, 0.1) is 12.8 Å². The van der Waals surface area contributed by atoms with E-state index in [0.29, 0.717) is 5.92 Å². The molecular formula is C17H30N2O2. The molecular weight excluding hydrogens is 264 g/mol. The van der Waals surface area contributed by atoms with E-state index in [0.717, 1.165) is 50.3 Å². The van der Waals surface area contributed by atoms with Crippen LogP contribution >= 0.6 is 0 Å². The molecule has 1 saturated carbocycles. The number of nitrogens with zero attached hydrogens (tertiary/aromatic N) is 1. The van der Waals surface area contributed by atoms with Crippen molar-refractivity contribution in [3.63, 3.8) is 0 Å². The van der Waals surface area contributed by atoms with E-state index in [2.05, 4.69) is 37.1 Å². The SMILES string of the molecule is COCCN(Cc1cc(C)c(CNC2CC2)o1)CC(C)C. The molecule has 0 saturated heterocycles. The van der Waals surface area contributed by atoms with Crippen molar-refractivity contribution in [1.82, 2.24) is 10.2 Å². The fourth-order valence-electron chi connectivity index (χ4n) is 2.56. The van der Waals surface area contributed by atoms with Gasteiger partial charge in [-0.1, -0.05) is 13.8 Å². The highest BCUT2D eigenvalue weighted by atomic mass is 16.5. The number of methoxy groups -OCH3 is 1. The van der Waals surface area contributed by atoms with Gasteiger partial charge in [-0.05, 0) is 37.3 Å². The highest BCUT2D eigenvalue weighted by Gasteiger charge is 2.21. The Kier molecular flexibility index (Phi) is 6.27. The minimum absolute atomic E-state index is 0.647. The summed E-state index contributed by atoms with van der Waals surface area (Å²) < 4.78 is 11.2. The minimum Gasteiger partial charge on any atom is -0.463 e. The molecule has 0 unspecified atom stereocenters. The van der Waals surface area contributed by atoms with Gasteiger partial charge in [-0.3, -0.25) is 4.90 Å². The average molecular weight is 294 g/mol. The molecule has 1 aromatic heterocycles. The zero-order chi connectivity index (χ0) is 15.2. The molecule has 0 amide bonds. The van der Waals surface area contributed by atoms with Crippen molar-refractivity contribution in [2.24, 2.45) is 5.92 Å². The van der Waals surface area contributed by atoms with E-state index in [1.165, 1.54) is 18.4 Å². The summed E-state index contributed by atoms with van der Waals surface area (Å²) in [6.07, 6.45) is 2.62. The molecule has 0 radical (unpaired) electrons. The predicted octanol–water partition coefficient (Wildman–Crippen LogP) is 2.94. The van der Waals surface area contributed by atoms with Gasteiger partial charge in [-0.25, -0.2) is 0 Å². The minimum atomic E-state index is 0.647. The van der Waals surface area contributed by atoms with Crippen LogP contribution in [0.25, 0.3) is 0 Å². The average Bonchev–Trinajstić information content (AvgIpc) is 3.18. The maximum absolute atomic E-state index is 6.04. The lowest BCUT2D eigenvalue weighted by Crippen LogP contribution is -2.30. The predicted molar refractivity (Wildman–Crippen MR) is 85.3 cm³/mol. The summed E-state index contributed by atoms with van der Waals surface area (Å²) in [6.45, 7) is 11.1. The zero-order valence-corrected chi connectivity index (χ0v) is 13.9.